The zero-order valence-corrected chi connectivity index (χ0v) is 30.2. The molecule has 6 rings (SSSR count). The zero-order chi connectivity index (χ0) is 45.3. The van der Waals surface area contributed by atoms with Crippen molar-refractivity contribution in [1.29, 1.82) is 0 Å². The quantitative estimate of drug-likeness (QED) is 0.0642. The minimum atomic E-state index is -4.99. The molecule has 16 nitrogen and oxygen atoms in total. The van der Waals surface area contributed by atoms with Crippen molar-refractivity contribution in [1.82, 2.24) is 60.3 Å². The SMILES string of the molecule is O=C(/C=C\n1cnc(-c2cc(C(F)(F)F)cc(C(F)(F)F)c2)n1)NNc1cnccn1.O=C(/C=C\n1cnc(-c2cc(C(F)(F)F)cc(C(F)(F)F)c2)n1)NNc1cnccn1. The largest absolute Gasteiger partial charge is 0.416 e. The van der Waals surface area contributed by atoms with Crippen LogP contribution in [-0.4, -0.2) is 61.3 Å². The Morgan fingerprint density at radius 3 is 1.11 bits per heavy atom. The molecule has 0 fully saturated rings. The number of aromatic nitrogens is 10. The fourth-order valence-electron chi connectivity index (χ4n) is 4.48. The van der Waals surface area contributed by atoms with Gasteiger partial charge in [0.2, 0.25) is 0 Å². The second-order valence-corrected chi connectivity index (χ2v) is 11.7. The van der Waals surface area contributed by atoms with E-state index in [-0.39, 0.29) is 35.4 Å². The lowest BCUT2D eigenvalue weighted by Gasteiger charge is -2.13. The van der Waals surface area contributed by atoms with Crippen molar-refractivity contribution in [2.75, 3.05) is 10.9 Å². The Labute approximate surface area is 337 Å². The van der Waals surface area contributed by atoms with Crippen molar-refractivity contribution in [3.8, 4) is 22.8 Å². The molecule has 324 valence electrons. The van der Waals surface area contributed by atoms with Crippen LogP contribution in [0.5, 0.6) is 0 Å². The van der Waals surface area contributed by atoms with Gasteiger partial charge in [0.1, 0.15) is 12.7 Å². The van der Waals surface area contributed by atoms with Crippen LogP contribution in [0.2, 0.25) is 0 Å². The first-order valence-corrected chi connectivity index (χ1v) is 16.5. The summed E-state index contributed by atoms with van der Waals surface area (Å²) in [4.78, 5) is 46.2. The molecule has 0 aliphatic rings. The van der Waals surface area contributed by atoms with Crippen LogP contribution >= 0.6 is 0 Å². The number of nitrogens with zero attached hydrogens (tertiary/aromatic N) is 10. The van der Waals surface area contributed by atoms with Gasteiger partial charge in [0.25, 0.3) is 11.8 Å². The third-order valence-corrected chi connectivity index (χ3v) is 7.22. The van der Waals surface area contributed by atoms with Crippen molar-refractivity contribution in [3.05, 3.63) is 121 Å². The van der Waals surface area contributed by atoms with E-state index < -0.39 is 69.9 Å². The maximum absolute atomic E-state index is 13.0. The highest BCUT2D eigenvalue weighted by molar-refractivity contribution is 5.91. The van der Waals surface area contributed by atoms with E-state index in [1.165, 1.54) is 37.2 Å². The normalized spacial score (nSPS) is 12.2. The number of rotatable bonds is 10. The third kappa shape index (κ3) is 13.0. The number of hydrazine groups is 2. The predicted molar refractivity (Wildman–Crippen MR) is 189 cm³/mol. The third-order valence-electron chi connectivity index (χ3n) is 7.22. The zero-order valence-electron chi connectivity index (χ0n) is 30.2. The predicted octanol–water partition coefficient (Wildman–Crippen LogP) is 6.77. The molecule has 0 aliphatic carbocycles. The highest BCUT2D eigenvalue weighted by atomic mass is 19.4. The first-order valence-electron chi connectivity index (χ1n) is 16.5. The molecule has 0 atom stereocenters. The molecule has 4 heterocycles. The monoisotopic (exact) mass is 886 g/mol. The molecule has 28 heteroatoms. The molecule has 0 radical (unpaired) electrons. The van der Waals surface area contributed by atoms with Gasteiger partial charge in [-0.25, -0.2) is 29.3 Å². The van der Waals surface area contributed by atoms with E-state index in [0.29, 0.717) is 24.3 Å². The van der Waals surface area contributed by atoms with Crippen LogP contribution in [0.15, 0.2) is 98.4 Å². The Balaban J connectivity index is 0.000000234. The summed E-state index contributed by atoms with van der Waals surface area (Å²) in [5, 5.41) is 7.56. The fraction of sp³-hybridized carbons (Fsp3) is 0.118. The number of hydrogen-bond acceptors (Lipinski definition) is 12. The van der Waals surface area contributed by atoms with Gasteiger partial charge in [0, 0.05) is 60.5 Å². The van der Waals surface area contributed by atoms with Crippen molar-refractivity contribution < 1.29 is 62.3 Å². The summed E-state index contributed by atoms with van der Waals surface area (Å²) in [6, 6.07) is 2.06. The second kappa shape index (κ2) is 18.5. The van der Waals surface area contributed by atoms with Gasteiger partial charge in [-0.05, 0) is 36.4 Å². The van der Waals surface area contributed by atoms with E-state index in [4.69, 9.17) is 0 Å². The lowest BCUT2D eigenvalue weighted by atomic mass is 10.0. The van der Waals surface area contributed by atoms with Gasteiger partial charge in [-0.15, -0.1) is 10.2 Å². The Bertz CT molecular complexity index is 2300. The molecule has 0 unspecified atom stereocenters. The molecule has 0 aliphatic heterocycles. The Hall–Kier alpha value is -7.94. The molecule has 6 aromatic rings. The van der Waals surface area contributed by atoms with Crippen LogP contribution in [0.1, 0.15) is 22.3 Å². The number of carbonyl (C=O) groups is 2. The number of nitrogens with one attached hydrogen (secondary N) is 4. The van der Waals surface area contributed by atoms with E-state index in [0.717, 1.165) is 46.6 Å². The van der Waals surface area contributed by atoms with E-state index in [1.54, 1.807) is 0 Å². The van der Waals surface area contributed by atoms with Crippen molar-refractivity contribution in [2.24, 2.45) is 0 Å². The van der Waals surface area contributed by atoms with Gasteiger partial charge in [-0.2, -0.15) is 52.7 Å². The molecule has 0 saturated carbocycles. The maximum atomic E-state index is 13.0. The standard InChI is InChI=1S/2C17H11F6N7O/c2*18-16(19,20)11-5-10(6-12(7-11)17(21,22)23)15-26-9-30(29-15)4-1-14(31)28-27-13-8-24-2-3-25-13/h2*1-9H,(H,25,27)(H,28,31)/b2*4-1-. The second-order valence-electron chi connectivity index (χ2n) is 11.7. The lowest BCUT2D eigenvalue weighted by molar-refractivity contribution is -0.144. The highest BCUT2D eigenvalue weighted by Crippen LogP contribution is 2.39. The molecule has 2 amide bonds. The average Bonchev–Trinajstić information content (AvgIpc) is 3.91. The molecular weight excluding hydrogens is 864 g/mol. The van der Waals surface area contributed by atoms with Crippen LogP contribution in [0.3, 0.4) is 0 Å². The minimum absolute atomic E-state index is 0.00878. The fourth-order valence-corrected chi connectivity index (χ4v) is 4.48. The van der Waals surface area contributed by atoms with Gasteiger partial charge in [-0.3, -0.25) is 41.3 Å². The summed E-state index contributed by atoms with van der Waals surface area (Å²) < 4.78 is 158. The van der Waals surface area contributed by atoms with E-state index in [1.807, 2.05) is 0 Å². The number of alkyl halides is 12. The van der Waals surface area contributed by atoms with Crippen molar-refractivity contribution in [2.45, 2.75) is 24.7 Å². The average molecular weight is 887 g/mol. The highest BCUT2D eigenvalue weighted by Gasteiger charge is 2.38. The van der Waals surface area contributed by atoms with Gasteiger partial charge < -0.3 is 0 Å². The summed E-state index contributed by atoms with van der Waals surface area (Å²) in [5.41, 5.74) is 2.56. The summed E-state index contributed by atoms with van der Waals surface area (Å²) in [6.45, 7) is 0. The topological polar surface area (TPSA) is 195 Å². The van der Waals surface area contributed by atoms with Gasteiger partial charge >= 0.3 is 24.7 Å². The van der Waals surface area contributed by atoms with Gasteiger partial charge in [0.05, 0.1) is 34.6 Å². The molecule has 4 N–H and O–H groups in total. The molecule has 62 heavy (non-hydrogen) atoms. The van der Waals surface area contributed by atoms with Crippen LogP contribution in [0.4, 0.5) is 64.3 Å². The molecule has 2 aromatic carbocycles. The van der Waals surface area contributed by atoms with Crippen LogP contribution in [0.25, 0.3) is 35.2 Å². The summed E-state index contributed by atoms with van der Waals surface area (Å²) in [5.74, 6) is -1.56. The van der Waals surface area contributed by atoms with Gasteiger partial charge in [-0.1, -0.05) is 0 Å². The van der Waals surface area contributed by atoms with E-state index in [2.05, 4.69) is 61.8 Å². The number of carbonyl (C=O) groups excluding carboxylic acids is 2. The van der Waals surface area contributed by atoms with Crippen LogP contribution in [0, 0.1) is 0 Å². The number of benzene rings is 2. The lowest BCUT2D eigenvalue weighted by Crippen LogP contribution is -2.28. The number of amides is 2. The van der Waals surface area contributed by atoms with E-state index in [9.17, 15) is 62.3 Å². The molecular formula is C34H22F12N14O2. The first kappa shape index (κ1) is 45.1. The van der Waals surface area contributed by atoms with Crippen LogP contribution < -0.4 is 21.7 Å². The van der Waals surface area contributed by atoms with Crippen molar-refractivity contribution in [3.63, 3.8) is 0 Å². The molecule has 4 aromatic heterocycles. The van der Waals surface area contributed by atoms with Gasteiger partial charge in [0.15, 0.2) is 23.3 Å². The summed E-state index contributed by atoms with van der Waals surface area (Å²) in [7, 11) is 0. The molecule has 0 bridgehead atoms. The summed E-state index contributed by atoms with van der Waals surface area (Å²) >= 11 is 0. The maximum Gasteiger partial charge on any atom is 0.416 e. The Morgan fingerprint density at radius 1 is 0.484 bits per heavy atom. The Morgan fingerprint density at radius 2 is 0.823 bits per heavy atom. The molecule has 0 saturated heterocycles. The number of halogens is 12. The first-order chi connectivity index (χ1) is 29.0. The van der Waals surface area contributed by atoms with E-state index >= 15 is 0 Å². The Kier molecular flexibility index (Phi) is 13.5. The summed E-state index contributed by atoms with van der Waals surface area (Å²) in [6.07, 6.45) is -5.43. The van der Waals surface area contributed by atoms with Crippen molar-refractivity contribution >= 4 is 35.8 Å². The smallest absolute Gasteiger partial charge is 0.280 e. The molecule has 0 spiro atoms. The van der Waals surface area contributed by atoms with Crippen LogP contribution in [-0.2, 0) is 34.3 Å². The number of anilines is 2. The number of hydrogen-bond donors (Lipinski definition) is 4. The minimum Gasteiger partial charge on any atom is -0.280 e.